The molecule has 0 saturated carbocycles. The molecule has 0 unspecified atom stereocenters. The van der Waals surface area contributed by atoms with Crippen molar-refractivity contribution in [2.45, 2.75) is 20.0 Å². The fourth-order valence-corrected chi connectivity index (χ4v) is 3.88. The van der Waals surface area contributed by atoms with Gasteiger partial charge in [-0.3, -0.25) is 0 Å². The normalized spacial score (nSPS) is 12.0. The SMILES string of the molecule is CCc1c(-c2ccc(O)cc2)c2cc(COCCN(C)C)c3cccc1n32. The summed E-state index contributed by atoms with van der Waals surface area (Å²) in [4.78, 5) is 2.13. The van der Waals surface area contributed by atoms with Crippen LogP contribution in [-0.4, -0.2) is 41.7 Å². The highest BCUT2D eigenvalue weighted by atomic mass is 16.5. The lowest BCUT2D eigenvalue weighted by atomic mass is 9.99. The van der Waals surface area contributed by atoms with Gasteiger partial charge < -0.3 is 19.1 Å². The van der Waals surface area contributed by atoms with Crippen molar-refractivity contribution in [1.82, 2.24) is 9.30 Å². The molecule has 4 rings (SSSR count). The van der Waals surface area contributed by atoms with E-state index in [0.717, 1.165) is 25.1 Å². The predicted molar refractivity (Wildman–Crippen MR) is 111 cm³/mol. The van der Waals surface area contributed by atoms with Crippen LogP contribution in [0.25, 0.3) is 27.7 Å². The van der Waals surface area contributed by atoms with E-state index >= 15 is 0 Å². The molecule has 140 valence electrons. The van der Waals surface area contributed by atoms with Crippen molar-refractivity contribution in [1.29, 1.82) is 0 Å². The van der Waals surface area contributed by atoms with E-state index in [-0.39, 0.29) is 0 Å². The molecule has 27 heavy (non-hydrogen) atoms. The Labute approximate surface area is 159 Å². The maximum absolute atomic E-state index is 9.67. The molecule has 0 aliphatic heterocycles. The Morgan fingerprint density at radius 3 is 2.44 bits per heavy atom. The van der Waals surface area contributed by atoms with Gasteiger partial charge in [-0.15, -0.1) is 0 Å². The topological polar surface area (TPSA) is 37.1 Å². The van der Waals surface area contributed by atoms with E-state index < -0.39 is 0 Å². The summed E-state index contributed by atoms with van der Waals surface area (Å²) in [5, 5.41) is 9.67. The molecule has 1 N–H and O–H groups in total. The smallest absolute Gasteiger partial charge is 0.115 e. The van der Waals surface area contributed by atoms with E-state index in [1.807, 2.05) is 12.1 Å². The molecule has 0 amide bonds. The maximum Gasteiger partial charge on any atom is 0.115 e. The van der Waals surface area contributed by atoms with E-state index in [1.54, 1.807) is 12.1 Å². The summed E-state index contributed by atoms with van der Waals surface area (Å²) in [6, 6.07) is 16.3. The van der Waals surface area contributed by atoms with Crippen molar-refractivity contribution in [2.75, 3.05) is 27.2 Å². The molecule has 3 aromatic heterocycles. The van der Waals surface area contributed by atoms with Gasteiger partial charge in [0.15, 0.2) is 0 Å². The molecule has 0 saturated heterocycles. The summed E-state index contributed by atoms with van der Waals surface area (Å²) in [5.41, 5.74) is 8.65. The number of hydrogen-bond donors (Lipinski definition) is 1. The monoisotopic (exact) mass is 362 g/mol. The number of hydrogen-bond acceptors (Lipinski definition) is 3. The summed E-state index contributed by atoms with van der Waals surface area (Å²) in [5.74, 6) is 0.295. The Bertz CT molecular complexity index is 1050. The number of likely N-dealkylation sites (N-methyl/N-ethyl adjacent to an activating group) is 1. The highest BCUT2D eigenvalue weighted by Crippen LogP contribution is 2.39. The van der Waals surface area contributed by atoms with E-state index in [9.17, 15) is 5.11 Å². The van der Waals surface area contributed by atoms with Crippen LogP contribution in [0.15, 0.2) is 48.5 Å². The fourth-order valence-electron chi connectivity index (χ4n) is 3.88. The zero-order valence-corrected chi connectivity index (χ0v) is 16.2. The molecule has 0 fully saturated rings. The molecule has 0 bridgehead atoms. The first-order valence-corrected chi connectivity index (χ1v) is 9.49. The fraction of sp³-hybridized carbons (Fsp3) is 0.304. The first-order chi connectivity index (χ1) is 13.1. The van der Waals surface area contributed by atoms with Crippen LogP contribution in [0.1, 0.15) is 18.1 Å². The molecule has 0 atom stereocenters. The highest BCUT2D eigenvalue weighted by molar-refractivity contribution is 5.96. The number of rotatable bonds is 7. The predicted octanol–water partition coefficient (Wildman–Crippen LogP) is 4.54. The minimum absolute atomic E-state index is 0.295. The number of benzene rings is 1. The molecule has 0 aliphatic carbocycles. The van der Waals surface area contributed by atoms with Crippen molar-refractivity contribution < 1.29 is 9.84 Å². The first-order valence-electron chi connectivity index (χ1n) is 9.49. The Kier molecular flexibility index (Phi) is 4.77. The lowest BCUT2D eigenvalue weighted by Crippen LogP contribution is -2.17. The van der Waals surface area contributed by atoms with Crippen LogP contribution in [0.4, 0.5) is 0 Å². The third-order valence-corrected chi connectivity index (χ3v) is 5.19. The number of aromatic nitrogens is 1. The van der Waals surface area contributed by atoms with E-state index in [0.29, 0.717) is 12.4 Å². The quantitative estimate of drug-likeness (QED) is 0.490. The highest BCUT2D eigenvalue weighted by Gasteiger charge is 2.20. The number of aryl methyl sites for hydroxylation is 1. The van der Waals surface area contributed by atoms with Crippen LogP contribution < -0.4 is 0 Å². The zero-order valence-electron chi connectivity index (χ0n) is 16.2. The Morgan fingerprint density at radius 1 is 1.00 bits per heavy atom. The molecule has 4 aromatic rings. The summed E-state index contributed by atoms with van der Waals surface area (Å²) in [7, 11) is 4.11. The van der Waals surface area contributed by atoms with Gasteiger partial charge in [0.2, 0.25) is 0 Å². The molecule has 4 nitrogen and oxygen atoms in total. The standard InChI is InChI=1S/C23H26N2O2/c1-4-19-21-7-5-6-20-17(15-27-13-12-24(2)3)14-22(25(20)21)23(19)16-8-10-18(26)11-9-16/h5-11,14,26H,4,12-13,15H2,1-3H3. The minimum atomic E-state index is 0.295. The number of phenolic OH excluding ortho intramolecular Hbond substituents is 1. The molecular weight excluding hydrogens is 336 g/mol. The molecule has 0 aliphatic rings. The molecule has 3 heterocycles. The second-order valence-electron chi connectivity index (χ2n) is 7.30. The van der Waals surface area contributed by atoms with Gasteiger partial charge in [0.1, 0.15) is 5.75 Å². The summed E-state index contributed by atoms with van der Waals surface area (Å²) in [6.45, 7) is 4.46. The maximum atomic E-state index is 9.67. The minimum Gasteiger partial charge on any atom is -0.508 e. The third-order valence-electron chi connectivity index (χ3n) is 5.19. The summed E-state index contributed by atoms with van der Waals surface area (Å²) < 4.78 is 8.27. The number of nitrogens with zero attached hydrogens (tertiary/aromatic N) is 2. The largest absolute Gasteiger partial charge is 0.508 e. The van der Waals surface area contributed by atoms with E-state index in [2.05, 4.69) is 54.6 Å². The van der Waals surface area contributed by atoms with Gasteiger partial charge in [0.25, 0.3) is 0 Å². The van der Waals surface area contributed by atoms with Crippen molar-refractivity contribution in [3.05, 3.63) is 59.7 Å². The number of pyridine rings is 1. The zero-order chi connectivity index (χ0) is 19.0. The summed E-state index contributed by atoms with van der Waals surface area (Å²) >= 11 is 0. The average molecular weight is 362 g/mol. The van der Waals surface area contributed by atoms with Crippen molar-refractivity contribution in [3.63, 3.8) is 0 Å². The van der Waals surface area contributed by atoms with Crippen LogP contribution >= 0.6 is 0 Å². The number of aromatic hydroxyl groups is 1. The Hall–Kier alpha value is -2.56. The van der Waals surface area contributed by atoms with Crippen LogP contribution in [-0.2, 0) is 17.8 Å². The second-order valence-corrected chi connectivity index (χ2v) is 7.30. The molecular formula is C23H26N2O2. The average Bonchev–Trinajstić information content (AvgIpc) is 3.18. The molecule has 0 spiro atoms. The molecule has 1 aromatic carbocycles. The van der Waals surface area contributed by atoms with Gasteiger partial charge in [-0.1, -0.05) is 25.1 Å². The third kappa shape index (κ3) is 3.15. The van der Waals surface area contributed by atoms with Crippen LogP contribution in [0.2, 0.25) is 0 Å². The lowest BCUT2D eigenvalue weighted by Gasteiger charge is -2.09. The Morgan fingerprint density at radius 2 is 1.74 bits per heavy atom. The van der Waals surface area contributed by atoms with Gasteiger partial charge in [0, 0.05) is 17.7 Å². The van der Waals surface area contributed by atoms with E-state index in [4.69, 9.17) is 4.74 Å². The van der Waals surface area contributed by atoms with Crippen LogP contribution in [0.3, 0.4) is 0 Å². The molecule has 4 heteroatoms. The summed E-state index contributed by atoms with van der Waals surface area (Å²) in [6.07, 6.45) is 0.964. The van der Waals surface area contributed by atoms with Crippen molar-refractivity contribution in [3.8, 4) is 16.9 Å². The van der Waals surface area contributed by atoms with Crippen molar-refractivity contribution >= 4 is 16.6 Å². The number of ether oxygens (including phenoxy) is 1. The Balaban J connectivity index is 1.81. The van der Waals surface area contributed by atoms with E-state index in [1.165, 1.54) is 33.2 Å². The molecule has 0 radical (unpaired) electrons. The van der Waals surface area contributed by atoms with Gasteiger partial charge in [-0.2, -0.15) is 0 Å². The van der Waals surface area contributed by atoms with Gasteiger partial charge in [-0.25, -0.2) is 0 Å². The van der Waals surface area contributed by atoms with Gasteiger partial charge in [-0.05, 0) is 62.0 Å². The van der Waals surface area contributed by atoms with Crippen LogP contribution in [0.5, 0.6) is 5.75 Å². The lowest BCUT2D eigenvalue weighted by molar-refractivity contribution is 0.106. The van der Waals surface area contributed by atoms with Gasteiger partial charge in [0.05, 0.1) is 29.8 Å². The second kappa shape index (κ2) is 7.22. The first kappa shape index (κ1) is 17.8. The number of phenols is 1. The van der Waals surface area contributed by atoms with Gasteiger partial charge >= 0.3 is 0 Å². The van der Waals surface area contributed by atoms with Crippen LogP contribution in [0, 0.1) is 0 Å². The van der Waals surface area contributed by atoms with Crippen molar-refractivity contribution in [2.24, 2.45) is 0 Å².